The third-order valence-corrected chi connectivity index (χ3v) is 5.21. The summed E-state index contributed by atoms with van der Waals surface area (Å²) in [4.78, 5) is 10.7. The van der Waals surface area contributed by atoms with E-state index in [-0.39, 0.29) is 29.5 Å². The quantitative estimate of drug-likeness (QED) is 0.731. The molecule has 0 aliphatic carbocycles. The van der Waals surface area contributed by atoms with E-state index in [1.807, 2.05) is 0 Å². The predicted octanol–water partition coefficient (Wildman–Crippen LogP) is 1.27. The fourth-order valence-corrected chi connectivity index (χ4v) is 3.86. The van der Waals surface area contributed by atoms with Crippen molar-refractivity contribution in [3.05, 3.63) is 29.0 Å². The fourth-order valence-electron chi connectivity index (χ4n) is 1.36. The fraction of sp³-hybridized carbons (Fsp3) is 0.364. The standard InChI is InChI=1S/C11H15NO5S2/c1-3-4-12(5-6-17-2)19(15,16)9-7-10(11(13)14)18-8-9/h3,7-8H,1,4-6H2,2H3,(H,13,14). The molecule has 0 amide bonds. The molecule has 0 aromatic carbocycles. The molecule has 1 aromatic heterocycles. The van der Waals surface area contributed by atoms with Crippen LogP contribution in [0.1, 0.15) is 9.67 Å². The second-order valence-electron chi connectivity index (χ2n) is 3.60. The molecule has 0 aliphatic rings. The maximum atomic E-state index is 12.3. The summed E-state index contributed by atoms with van der Waals surface area (Å²) >= 11 is 0.881. The second-order valence-corrected chi connectivity index (χ2v) is 6.45. The van der Waals surface area contributed by atoms with E-state index in [9.17, 15) is 13.2 Å². The Balaban J connectivity index is 3.03. The third kappa shape index (κ3) is 3.87. The zero-order chi connectivity index (χ0) is 14.5. The van der Waals surface area contributed by atoms with Crippen molar-refractivity contribution in [3.8, 4) is 0 Å². The minimum atomic E-state index is -3.72. The highest BCUT2D eigenvalue weighted by Crippen LogP contribution is 2.22. The molecule has 0 saturated heterocycles. The summed E-state index contributed by atoms with van der Waals surface area (Å²) in [6.45, 7) is 4.09. The first-order valence-corrected chi connectivity index (χ1v) is 7.67. The van der Waals surface area contributed by atoms with Crippen molar-refractivity contribution in [1.82, 2.24) is 4.31 Å². The number of thiophene rings is 1. The number of ether oxygens (including phenoxy) is 1. The van der Waals surface area contributed by atoms with E-state index < -0.39 is 16.0 Å². The molecule has 0 saturated carbocycles. The Labute approximate surface area is 116 Å². The number of carboxylic acid groups (broad SMARTS) is 1. The van der Waals surface area contributed by atoms with Gasteiger partial charge in [0.1, 0.15) is 4.88 Å². The van der Waals surface area contributed by atoms with E-state index >= 15 is 0 Å². The number of sulfonamides is 1. The van der Waals surface area contributed by atoms with Gasteiger partial charge in [-0.05, 0) is 6.07 Å². The molecule has 0 atom stereocenters. The number of hydrogen-bond donors (Lipinski definition) is 1. The normalized spacial score (nSPS) is 11.7. The topological polar surface area (TPSA) is 83.9 Å². The monoisotopic (exact) mass is 305 g/mol. The summed E-state index contributed by atoms with van der Waals surface area (Å²) < 4.78 is 30.7. The molecule has 19 heavy (non-hydrogen) atoms. The van der Waals surface area contributed by atoms with E-state index in [1.165, 1.54) is 22.9 Å². The molecule has 8 heteroatoms. The van der Waals surface area contributed by atoms with Crippen LogP contribution in [0.3, 0.4) is 0 Å². The molecule has 6 nitrogen and oxygen atoms in total. The Morgan fingerprint density at radius 2 is 2.32 bits per heavy atom. The van der Waals surface area contributed by atoms with Gasteiger partial charge in [-0.25, -0.2) is 13.2 Å². The van der Waals surface area contributed by atoms with Crippen LogP contribution in [-0.2, 0) is 14.8 Å². The lowest BCUT2D eigenvalue weighted by Crippen LogP contribution is -2.33. The number of nitrogens with zero attached hydrogens (tertiary/aromatic N) is 1. The SMILES string of the molecule is C=CCN(CCOC)S(=O)(=O)c1csc(C(=O)O)c1. The minimum Gasteiger partial charge on any atom is -0.477 e. The number of methoxy groups -OCH3 is 1. The first kappa shape index (κ1) is 15.8. The van der Waals surface area contributed by atoms with E-state index in [4.69, 9.17) is 9.84 Å². The second kappa shape index (κ2) is 6.80. The molecule has 0 spiro atoms. The van der Waals surface area contributed by atoms with Gasteiger partial charge in [0, 0.05) is 25.6 Å². The smallest absolute Gasteiger partial charge is 0.345 e. The van der Waals surface area contributed by atoms with Crippen molar-refractivity contribution in [1.29, 1.82) is 0 Å². The molecular weight excluding hydrogens is 290 g/mol. The van der Waals surface area contributed by atoms with E-state index in [0.29, 0.717) is 0 Å². The minimum absolute atomic E-state index is 0.0103. The molecule has 1 heterocycles. The predicted molar refractivity (Wildman–Crippen MR) is 72.1 cm³/mol. The molecule has 106 valence electrons. The van der Waals surface area contributed by atoms with E-state index in [0.717, 1.165) is 17.4 Å². The summed E-state index contributed by atoms with van der Waals surface area (Å²) in [5.74, 6) is -1.14. The molecule has 1 N–H and O–H groups in total. The molecule has 1 rings (SSSR count). The van der Waals surface area contributed by atoms with Crippen LogP contribution < -0.4 is 0 Å². The van der Waals surface area contributed by atoms with Gasteiger partial charge < -0.3 is 9.84 Å². The van der Waals surface area contributed by atoms with Gasteiger partial charge in [-0.1, -0.05) is 6.08 Å². The molecule has 0 radical (unpaired) electrons. The van der Waals surface area contributed by atoms with Crippen LogP contribution in [0.2, 0.25) is 0 Å². The van der Waals surface area contributed by atoms with Crippen LogP contribution >= 0.6 is 11.3 Å². The Morgan fingerprint density at radius 1 is 1.63 bits per heavy atom. The van der Waals surface area contributed by atoms with Crippen molar-refractivity contribution in [2.45, 2.75) is 4.90 Å². The lowest BCUT2D eigenvalue weighted by molar-refractivity contribution is 0.0702. The Hall–Kier alpha value is -1.22. The van der Waals surface area contributed by atoms with Gasteiger partial charge in [0.15, 0.2) is 0 Å². The van der Waals surface area contributed by atoms with E-state index in [2.05, 4.69) is 6.58 Å². The Morgan fingerprint density at radius 3 is 2.79 bits per heavy atom. The van der Waals surface area contributed by atoms with Crippen LogP contribution in [0.15, 0.2) is 29.0 Å². The highest BCUT2D eigenvalue weighted by molar-refractivity contribution is 7.89. The van der Waals surface area contributed by atoms with E-state index in [1.54, 1.807) is 0 Å². The van der Waals surface area contributed by atoms with Gasteiger partial charge in [-0.15, -0.1) is 17.9 Å². The highest BCUT2D eigenvalue weighted by atomic mass is 32.2. The molecule has 0 bridgehead atoms. The zero-order valence-electron chi connectivity index (χ0n) is 10.4. The van der Waals surface area contributed by atoms with Gasteiger partial charge in [0.25, 0.3) is 0 Å². The summed E-state index contributed by atoms with van der Waals surface area (Å²) in [5.41, 5.74) is 0. The van der Waals surface area contributed by atoms with Crippen LogP contribution in [0.4, 0.5) is 0 Å². The van der Waals surface area contributed by atoms with Crippen molar-refractivity contribution >= 4 is 27.3 Å². The van der Waals surface area contributed by atoms with Crippen molar-refractivity contribution in [2.24, 2.45) is 0 Å². The maximum Gasteiger partial charge on any atom is 0.345 e. The van der Waals surface area contributed by atoms with Crippen LogP contribution in [0.5, 0.6) is 0 Å². The number of carbonyl (C=O) groups is 1. The first-order chi connectivity index (χ1) is 8.93. The Kier molecular flexibility index (Phi) is 5.67. The highest BCUT2D eigenvalue weighted by Gasteiger charge is 2.25. The lowest BCUT2D eigenvalue weighted by atomic mass is 10.5. The van der Waals surface area contributed by atoms with Crippen LogP contribution in [-0.4, -0.2) is 50.6 Å². The Bertz CT molecular complexity index is 549. The van der Waals surface area contributed by atoms with Crippen molar-refractivity contribution < 1.29 is 23.1 Å². The van der Waals surface area contributed by atoms with Gasteiger partial charge >= 0.3 is 5.97 Å². The number of hydrogen-bond acceptors (Lipinski definition) is 5. The molecule has 0 unspecified atom stereocenters. The molecule has 0 fully saturated rings. The lowest BCUT2D eigenvalue weighted by Gasteiger charge is -2.19. The van der Waals surface area contributed by atoms with Gasteiger partial charge in [0.2, 0.25) is 10.0 Å². The van der Waals surface area contributed by atoms with Crippen molar-refractivity contribution in [3.63, 3.8) is 0 Å². The number of carboxylic acids is 1. The van der Waals surface area contributed by atoms with Gasteiger partial charge in [0.05, 0.1) is 11.5 Å². The van der Waals surface area contributed by atoms with Gasteiger partial charge in [-0.3, -0.25) is 0 Å². The average Bonchev–Trinajstić information content (AvgIpc) is 2.84. The molecule has 1 aromatic rings. The van der Waals surface area contributed by atoms with Gasteiger partial charge in [-0.2, -0.15) is 4.31 Å². The average molecular weight is 305 g/mol. The zero-order valence-corrected chi connectivity index (χ0v) is 12.0. The largest absolute Gasteiger partial charge is 0.477 e. The van der Waals surface area contributed by atoms with Crippen molar-refractivity contribution in [2.75, 3.05) is 26.8 Å². The van der Waals surface area contributed by atoms with Crippen LogP contribution in [0, 0.1) is 0 Å². The summed E-state index contributed by atoms with van der Waals surface area (Å²) in [6.07, 6.45) is 1.47. The first-order valence-electron chi connectivity index (χ1n) is 5.35. The molecular formula is C11H15NO5S2. The van der Waals surface area contributed by atoms with Crippen LogP contribution in [0.25, 0.3) is 0 Å². The summed E-state index contributed by atoms with van der Waals surface area (Å²) in [5, 5.41) is 10.1. The summed E-state index contributed by atoms with van der Waals surface area (Å²) in [6, 6.07) is 1.16. The molecule has 0 aliphatic heterocycles. The summed E-state index contributed by atoms with van der Waals surface area (Å²) in [7, 11) is -2.24. The number of rotatable bonds is 8. The number of aromatic carboxylic acids is 1. The maximum absolute atomic E-state index is 12.3. The third-order valence-electron chi connectivity index (χ3n) is 2.30.